The molecule has 1 unspecified atom stereocenters. The number of ketones is 1. The maximum Gasteiger partial charge on any atom is 0.304 e. The molecule has 0 saturated heterocycles. The number of furan rings is 1. The van der Waals surface area contributed by atoms with Crippen molar-refractivity contribution in [3.8, 4) is 11.3 Å². The van der Waals surface area contributed by atoms with E-state index in [2.05, 4.69) is 0 Å². The van der Waals surface area contributed by atoms with Gasteiger partial charge in [-0.05, 0) is 12.1 Å². The van der Waals surface area contributed by atoms with Crippen molar-refractivity contribution >= 4 is 11.8 Å². The van der Waals surface area contributed by atoms with Gasteiger partial charge in [0.1, 0.15) is 5.76 Å². The number of benzene rings is 1. The number of carbonyl (C=O) groups excluding carboxylic acids is 1. The molecule has 2 rings (SSSR count). The molecule has 2 aromatic rings. The summed E-state index contributed by atoms with van der Waals surface area (Å²) in [6, 6.07) is 10.6. The largest absolute Gasteiger partial charge is 0.481 e. The molecule has 1 heterocycles. The van der Waals surface area contributed by atoms with Crippen LogP contribution in [0.1, 0.15) is 23.7 Å². The maximum atomic E-state index is 12.0. The Hall–Kier alpha value is -2.36. The van der Waals surface area contributed by atoms with Crippen LogP contribution in [0, 0.1) is 5.92 Å². The second kappa shape index (κ2) is 5.52. The van der Waals surface area contributed by atoms with E-state index >= 15 is 0 Å². The zero-order chi connectivity index (χ0) is 13.8. The first kappa shape index (κ1) is 13.1. The molecular weight excluding hydrogens is 244 g/mol. The summed E-state index contributed by atoms with van der Waals surface area (Å²) in [6.45, 7) is 1.62. The van der Waals surface area contributed by atoms with E-state index in [4.69, 9.17) is 9.52 Å². The predicted molar refractivity (Wildman–Crippen MR) is 69.9 cm³/mol. The number of rotatable bonds is 5. The smallest absolute Gasteiger partial charge is 0.304 e. The van der Waals surface area contributed by atoms with Crippen molar-refractivity contribution in [2.45, 2.75) is 13.3 Å². The minimum absolute atomic E-state index is 0.154. The third-order valence-electron chi connectivity index (χ3n) is 2.90. The van der Waals surface area contributed by atoms with Crippen LogP contribution in [-0.2, 0) is 4.79 Å². The minimum atomic E-state index is -0.965. The molecular formula is C15H14O4. The van der Waals surface area contributed by atoms with Crippen LogP contribution < -0.4 is 0 Å². The summed E-state index contributed by atoms with van der Waals surface area (Å²) in [4.78, 5) is 22.6. The minimum Gasteiger partial charge on any atom is -0.481 e. The van der Waals surface area contributed by atoms with Crippen molar-refractivity contribution < 1.29 is 19.1 Å². The highest BCUT2D eigenvalue weighted by atomic mass is 16.4. The molecule has 0 saturated carbocycles. The van der Waals surface area contributed by atoms with Gasteiger partial charge in [-0.3, -0.25) is 9.59 Å². The molecule has 0 spiro atoms. The number of aliphatic carboxylic acids is 1. The lowest BCUT2D eigenvalue weighted by Crippen LogP contribution is -2.15. The number of carboxylic acids is 1. The first-order valence-electron chi connectivity index (χ1n) is 5.98. The van der Waals surface area contributed by atoms with Gasteiger partial charge < -0.3 is 9.52 Å². The normalized spacial score (nSPS) is 12.1. The molecule has 0 aliphatic carbocycles. The fourth-order valence-corrected chi connectivity index (χ4v) is 1.88. The molecule has 0 fully saturated rings. The van der Waals surface area contributed by atoms with Crippen LogP contribution in [0.5, 0.6) is 0 Å². The van der Waals surface area contributed by atoms with Gasteiger partial charge in [0.05, 0.1) is 12.7 Å². The van der Waals surface area contributed by atoms with E-state index in [9.17, 15) is 9.59 Å². The molecule has 4 nitrogen and oxygen atoms in total. The third-order valence-corrected chi connectivity index (χ3v) is 2.90. The lowest BCUT2D eigenvalue weighted by molar-refractivity contribution is -0.137. The Balaban J connectivity index is 2.14. The zero-order valence-electron chi connectivity index (χ0n) is 10.5. The van der Waals surface area contributed by atoms with Crippen LogP contribution in [-0.4, -0.2) is 16.9 Å². The van der Waals surface area contributed by atoms with Gasteiger partial charge >= 0.3 is 5.97 Å². The summed E-state index contributed by atoms with van der Waals surface area (Å²) in [7, 11) is 0. The molecule has 98 valence electrons. The van der Waals surface area contributed by atoms with Crippen molar-refractivity contribution in [3.63, 3.8) is 0 Å². The highest BCUT2D eigenvalue weighted by Crippen LogP contribution is 2.21. The lowest BCUT2D eigenvalue weighted by Gasteiger charge is -2.08. The summed E-state index contributed by atoms with van der Waals surface area (Å²) >= 11 is 0. The second-order valence-electron chi connectivity index (χ2n) is 4.42. The fraction of sp³-hybridized carbons (Fsp3) is 0.200. The van der Waals surface area contributed by atoms with Crippen LogP contribution in [0.3, 0.4) is 0 Å². The van der Waals surface area contributed by atoms with E-state index in [-0.39, 0.29) is 12.2 Å². The van der Waals surface area contributed by atoms with Crippen LogP contribution >= 0.6 is 0 Å². The SMILES string of the molecule is CC(CC(=O)O)C(=O)c1ccc(-c2ccco2)cc1. The zero-order valence-corrected chi connectivity index (χ0v) is 10.5. The molecule has 1 atom stereocenters. The Morgan fingerprint density at radius 1 is 1.21 bits per heavy atom. The molecule has 1 N–H and O–H groups in total. The Kier molecular flexibility index (Phi) is 3.80. The highest BCUT2D eigenvalue weighted by Gasteiger charge is 2.18. The third kappa shape index (κ3) is 3.10. The first-order chi connectivity index (χ1) is 9.08. The number of hydrogen-bond acceptors (Lipinski definition) is 3. The molecule has 4 heteroatoms. The molecule has 19 heavy (non-hydrogen) atoms. The molecule has 0 amide bonds. The molecule has 0 aliphatic heterocycles. The topological polar surface area (TPSA) is 67.5 Å². The Labute approximate surface area is 110 Å². The van der Waals surface area contributed by atoms with Crippen LogP contribution in [0.25, 0.3) is 11.3 Å². The van der Waals surface area contributed by atoms with Crippen molar-refractivity contribution in [1.29, 1.82) is 0 Å². The first-order valence-corrected chi connectivity index (χ1v) is 5.98. The molecule has 1 aromatic heterocycles. The van der Waals surface area contributed by atoms with Crippen LogP contribution in [0.2, 0.25) is 0 Å². The van der Waals surface area contributed by atoms with E-state index in [0.717, 1.165) is 11.3 Å². The molecule has 0 radical (unpaired) electrons. The van der Waals surface area contributed by atoms with E-state index in [1.54, 1.807) is 43.5 Å². The number of hydrogen-bond donors (Lipinski definition) is 1. The van der Waals surface area contributed by atoms with Gasteiger partial charge in [-0.25, -0.2) is 0 Å². The summed E-state index contributed by atoms with van der Waals surface area (Å²) in [5.41, 5.74) is 1.40. The average molecular weight is 258 g/mol. The van der Waals surface area contributed by atoms with Crippen molar-refractivity contribution in [2.75, 3.05) is 0 Å². The van der Waals surface area contributed by atoms with Gasteiger partial charge in [-0.15, -0.1) is 0 Å². The summed E-state index contributed by atoms with van der Waals surface area (Å²) in [6.07, 6.45) is 1.43. The Morgan fingerprint density at radius 3 is 2.42 bits per heavy atom. The highest BCUT2D eigenvalue weighted by molar-refractivity contribution is 5.99. The number of Topliss-reactive ketones (excluding diaryl/α,β-unsaturated/α-hetero) is 1. The van der Waals surface area contributed by atoms with Crippen molar-refractivity contribution in [3.05, 3.63) is 48.2 Å². The van der Waals surface area contributed by atoms with Gasteiger partial charge in [0.15, 0.2) is 5.78 Å². The van der Waals surface area contributed by atoms with E-state index in [0.29, 0.717) is 5.56 Å². The van der Waals surface area contributed by atoms with Crippen LogP contribution in [0.15, 0.2) is 47.1 Å². The van der Waals surface area contributed by atoms with Gasteiger partial charge in [-0.2, -0.15) is 0 Å². The quantitative estimate of drug-likeness (QED) is 0.836. The van der Waals surface area contributed by atoms with E-state index < -0.39 is 11.9 Å². The van der Waals surface area contributed by atoms with Gasteiger partial charge in [0, 0.05) is 17.0 Å². The standard InChI is InChI=1S/C15H14O4/c1-10(9-14(16)17)15(18)12-6-4-11(5-7-12)13-3-2-8-19-13/h2-8,10H,9H2,1H3,(H,16,17). The molecule has 0 aliphatic rings. The Morgan fingerprint density at radius 2 is 1.89 bits per heavy atom. The molecule has 0 bridgehead atoms. The monoisotopic (exact) mass is 258 g/mol. The van der Waals surface area contributed by atoms with Crippen molar-refractivity contribution in [2.24, 2.45) is 5.92 Å². The molecule has 1 aromatic carbocycles. The van der Waals surface area contributed by atoms with Gasteiger partial charge in [0.2, 0.25) is 0 Å². The van der Waals surface area contributed by atoms with Crippen LogP contribution in [0.4, 0.5) is 0 Å². The predicted octanol–water partition coefficient (Wildman–Crippen LogP) is 3.24. The summed E-state index contributed by atoms with van der Waals surface area (Å²) in [5.74, 6) is -0.911. The fourth-order valence-electron chi connectivity index (χ4n) is 1.88. The average Bonchev–Trinajstić information content (AvgIpc) is 2.91. The number of carbonyl (C=O) groups is 2. The lowest BCUT2D eigenvalue weighted by atomic mass is 9.95. The second-order valence-corrected chi connectivity index (χ2v) is 4.42. The van der Waals surface area contributed by atoms with E-state index in [1.165, 1.54) is 0 Å². The summed E-state index contributed by atoms with van der Waals surface area (Å²) < 4.78 is 5.26. The van der Waals surface area contributed by atoms with Gasteiger partial charge in [0.25, 0.3) is 0 Å². The van der Waals surface area contributed by atoms with Gasteiger partial charge in [-0.1, -0.05) is 31.2 Å². The Bertz CT molecular complexity index is 567. The van der Waals surface area contributed by atoms with E-state index in [1.807, 2.05) is 6.07 Å². The summed E-state index contributed by atoms with van der Waals surface area (Å²) in [5, 5.41) is 8.68. The number of carboxylic acid groups (broad SMARTS) is 1. The van der Waals surface area contributed by atoms with Crippen molar-refractivity contribution in [1.82, 2.24) is 0 Å². The maximum absolute atomic E-state index is 12.0.